The molecule has 2 rings (SSSR count). The Kier molecular flexibility index (Phi) is 2.93. The van der Waals surface area contributed by atoms with Gasteiger partial charge in [-0.1, -0.05) is 5.57 Å². The molecule has 1 saturated heterocycles. The molecule has 2 fully saturated rings. The minimum absolute atomic E-state index is 0.0187. The summed E-state index contributed by atoms with van der Waals surface area (Å²) in [7, 11) is 0. The maximum absolute atomic E-state index is 9.75. The first-order valence-electron chi connectivity index (χ1n) is 5.71. The van der Waals surface area contributed by atoms with Crippen LogP contribution in [0, 0.1) is 11.8 Å². The van der Waals surface area contributed by atoms with Crippen LogP contribution in [0.1, 0.15) is 26.2 Å². The third-order valence-corrected chi connectivity index (χ3v) is 3.75. The van der Waals surface area contributed by atoms with Gasteiger partial charge in [-0.15, -0.1) is 6.58 Å². The monoisotopic (exact) mass is 195 g/mol. The standard InChI is InChI=1S/C12H21NO/c1-9(2)5-6-13-7-10-3-4-12(14)11(10)8-13/h10-12,14H,1,3-8H2,2H3. The molecule has 0 aromatic carbocycles. The molecule has 14 heavy (non-hydrogen) atoms. The lowest BCUT2D eigenvalue weighted by Crippen LogP contribution is -2.25. The van der Waals surface area contributed by atoms with Crippen LogP contribution in [0.2, 0.25) is 0 Å². The van der Waals surface area contributed by atoms with Crippen molar-refractivity contribution in [2.24, 2.45) is 11.8 Å². The summed E-state index contributed by atoms with van der Waals surface area (Å²) in [6.07, 6.45) is 3.35. The molecule has 80 valence electrons. The number of fused-ring (bicyclic) bond motifs is 1. The number of likely N-dealkylation sites (tertiary alicyclic amines) is 1. The molecule has 0 bridgehead atoms. The average molecular weight is 195 g/mol. The van der Waals surface area contributed by atoms with E-state index in [2.05, 4.69) is 18.4 Å². The normalized spacial score (nSPS) is 37.4. The van der Waals surface area contributed by atoms with Gasteiger partial charge >= 0.3 is 0 Å². The molecule has 0 amide bonds. The summed E-state index contributed by atoms with van der Waals surface area (Å²) in [6, 6.07) is 0. The zero-order valence-electron chi connectivity index (χ0n) is 9.08. The lowest BCUT2D eigenvalue weighted by molar-refractivity contribution is 0.124. The fraction of sp³-hybridized carbons (Fsp3) is 0.833. The van der Waals surface area contributed by atoms with E-state index in [9.17, 15) is 5.11 Å². The molecule has 2 aliphatic rings. The highest BCUT2D eigenvalue weighted by atomic mass is 16.3. The fourth-order valence-corrected chi connectivity index (χ4v) is 2.86. The number of aliphatic hydroxyl groups is 1. The van der Waals surface area contributed by atoms with E-state index in [1.807, 2.05) is 0 Å². The summed E-state index contributed by atoms with van der Waals surface area (Å²) in [6.45, 7) is 9.46. The Labute approximate surface area is 86.6 Å². The fourth-order valence-electron chi connectivity index (χ4n) is 2.86. The number of hydrogen-bond donors (Lipinski definition) is 1. The molecule has 0 spiro atoms. The third kappa shape index (κ3) is 2.01. The van der Waals surface area contributed by atoms with Crippen LogP contribution in [0.25, 0.3) is 0 Å². The van der Waals surface area contributed by atoms with E-state index in [0.717, 1.165) is 31.8 Å². The van der Waals surface area contributed by atoms with Gasteiger partial charge in [0.2, 0.25) is 0 Å². The van der Waals surface area contributed by atoms with Gasteiger partial charge in [0.1, 0.15) is 0 Å². The number of hydrogen-bond acceptors (Lipinski definition) is 2. The van der Waals surface area contributed by atoms with Crippen molar-refractivity contribution in [1.82, 2.24) is 4.90 Å². The quantitative estimate of drug-likeness (QED) is 0.692. The SMILES string of the molecule is C=C(C)CCN1CC2CCC(O)C2C1. The van der Waals surface area contributed by atoms with Gasteiger partial charge in [-0.3, -0.25) is 0 Å². The lowest BCUT2D eigenvalue weighted by Gasteiger charge is -2.17. The Morgan fingerprint density at radius 1 is 1.43 bits per heavy atom. The van der Waals surface area contributed by atoms with E-state index in [4.69, 9.17) is 0 Å². The summed E-state index contributed by atoms with van der Waals surface area (Å²) in [5.74, 6) is 1.34. The molecular formula is C12H21NO. The molecule has 1 heterocycles. The van der Waals surface area contributed by atoms with E-state index in [1.165, 1.54) is 18.5 Å². The largest absolute Gasteiger partial charge is 0.393 e. The zero-order valence-corrected chi connectivity index (χ0v) is 9.08. The molecule has 3 unspecified atom stereocenters. The van der Waals surface area contributed by atoms with Gasteiger partial charge in [-0.25, -0.2) is 0 Å². The second-order valence-corrected chi connectivity index (χ2v) is 5.04. The van der Waals surface area contributed by atoms with Crippen molar-refractivity contribution in [3.63, 3.8) is 0 Å². The van der Waals surface area contributed by atoms with Crippen LogP contribution in [0.4, 0.5) is 0 Å². The van der Waals surface area contributed by atoms with E-state index in [1.54, 1.807) is 0 Å². The Morgan fingerprint density at radius 2 is 2.21 bits per heavy atom. The summed E-state index contributed by atoms with van der Waals surface area (Å²) in [5.41, 5.74) is 1.27. The van der Waals surface area contributed by atoms with Gasteiger partial charge in [-0.2, -0.15) is 0 Å². The molecule has 0 aromatic heterocycles. The minimum Gasteiger partial charge on any atom is -0.393 e. The van der Waals surface area contributed by atoms with Crippen LogP contribution in [0.3, 0.4) is 0 Å². The van der Waals surface area contributed by atoms with Crippen molar-refractivity contribution >= 4 is 0 Å². The van der Waals surface area contributed by atoms with Crippen LogP contribution in [0.15, 0.2) is 12.2 Å². The Bertz CT molecular complexity index is 226. The third-order valence-electron chi connectivity index (χ3n) is 3.75. The minimum atomic E-state index is -0.0187. The first-order chi connectivity index (χ1) is 6.66. The predicted molar refractivity (Wildman–Crippen MR) is 58.1 cm³/mol. The van der Waals surface area contributed by atoms with Gasteiger partial charge in [0, 0.05) is 25.6 Å². The molecule has 1 saturated carbocycles. The predicted octanol–water partition coefficient (Wildman–Crippen LogP) is 1.66. The van der Waals surface area contributed by atoms with Crippen molar-refractivity contribution in [3.05, 3.63) is 12.2 Å². The van der Waals surface area contributed by atoms with Crippen LogP contribution in [-0.4, -0.2) is 35.7 Å². The van der Waals surface area contributed by atoms with Crippen LogP contribution in [-0.2, 0) is 0 Å². The molecule has 0 aromatic rings. The zero-order chi connectivity index (χ0) is 10.1. The molecule has 0 radical (unpaired) electrons. The van der Waals surface area contributed by atoms with Crippen molar-refractivity contribution in [2.45, 2.75) is 32.3 Å². The average Bonchev–Trinajstić information content (AvgIpc) is 2.65. The van der Waals surface area contributed by atoms with Crippen LogP contribution < -0.4 is 0 Å². The highest BCUT2D eigenvalue weighted by Crippen LogP contribution is 2.37. The topological polar surface area (TPSA) is 23.5 Å². The van der Waals surface area contributed by atoms with Crippen LogP contribution >= 0.6 is 0 Å². The summed E-state index contributed by atoms with van der Waals surface area (Å²) >= 11 is 0. The number of aliphatic hydroxyl groups excluding tert-OH is 1. The van der Waals surface area contributed by atoms with Gasteiger partial charge in [0.05, 0.1) is 6.10 Å². The van der Waals surface area contributed by atoms with E-state index < -0.39 is 0 Å². The second-order valence-electron chi connectivity index (χ2n) is 5.04. The number of nitrogens with zero attached hydrogens (tertiary/aromatic N) is 1. The van der Waals surface area contributed by atoms with E-state index in [-0.39, 0.29) is 6.10 Å². The lowest BCUT2D eigenvalue weighted by atomic mass is 10.00. The van der Waals surface area contributed by atoms with E-state index >= 15 is 0 Å². The van der Waals surface area contributed by atoms with Crippen molar-refractivity contribution < 1.29 is 5.11 Å². The molecule has 1 aliphatic carbocycles. The van der Waals surface area contributed by atoms with Crippen molar-refractivity contribution in [1.29, 1.82) is 0 Å². The second kappa shape index (κ2) is 4.03. The first-order valence-corrected chi connectivity index (χ1v) is 5.71. The van der Waals surface area contributed by atoms with Gasteiger partial charge in [0.25, 0.3) is 0 Å². The summed E-state index contributed by atoms with van der Waals surface area (Å²) in [4.78, 5) is 2.49. The molecule has 2 heteroatoms. The Hall–Kier alpha value is -0.340. The maximum Gasteiger partial charge on any atom is 0.0583 e. The highest BCUT2D eigenvalue weighted by molar-refractivity contribution is 4.95. The van der Waals surface area contributed by atoms with Gasteiger partial charge in [0.15, 0.2) is 0 Å². The summed E-state index contributed by atoms with van der Waals surface area (Å²) < 4.78 is 0. The van der Waals surface area contributed by atoms with Gasteiger partial charge < -0.3 is 10.0 Å². The number of rotatable bonds is 3. The molecule has 1 N–H and O–H groups in total. The first kappa shape index (κ1) is 10.2. The Balaban J connectivity index is 1.80. The highest BCUT2D eigenvalue weighted by Gasteiger charge is 2.41. The van der Waals surface area contributed by atoms with Gasteiger partial charge in [-0.05, 0) is 32.1 Å². The molecule has 1 aliphatic heterocycles. The van der Waals surface area contributed by atoms with Crippen molar-refractivity contribution in [3.8, 4) is 0 Å². The maximum atomic E-state index is 9.75. The summed E-state index contributed by atoms with van der Waals surface area (Å²) in [5, 5.41) is 9.75. The smallest absolute Gasteiger partial charge is 0.0583 e. The van der Waals surface area contributed by atoms with Crippen molar-refractivity contribution in [2.75, 3.05) is 19.6 Å². The van der Waals surface area contributed by atoms with E-state index in [0.29, 0.717) is 5.92 Å². The Morgan fingerprint density at radius 3 is 2.86 bits per heavy atom. The molecular weight excluding hydrogens is 174 g/mol. The molecule has 2 nitrogen and oxygen atoms in total. The van der Waals surface area contributed by atoms with Crippen LogP contribution in [0.5, 0.6) is 0 Å². The molecule has 3 atom stereocenters.